The van der Waals surface area contributed by atoms with E-state index in [0.29, 0.717) is 12.2 Å². The Morgan fingerprint density at radius 3 is 2.75 bits per heavy atom. The summed E-state index contributed by atoms with van der Waals surface area (Å²) in [4.78, 5) is 15.7. The van der Waals surface area contributed by atoms with Gasteiger partial charge in [-0.2, -0.15) is 0 Å². The lowest BCUT2D eigenvalue weighted by atomic mass is 10.1. The second kappa shape index (κ2) is 5.81. The first-order chi connectivity index (χ1) is 9.58. The van der Waals surface area contributed by atoms with Crippen LogP contribution in [-0.2, 0) is 4.74 Å². The van der Waals surface area contributed by atoms with Gasteiger partial charge < -0.3 is 10.1 Å². The van der Waals surface area contributed by atoms with Crippen molar-refractivity contribution in [3.8, 4) is 0 Å². The maximum Gasteiger partial charge on any atom is 0.341 e. The highest BCUT2D eigenvalue weighted by atomic mass is 19.1. The summed E-state index contributed by atoms with van der Waals surface area (Å²) in [7, 11) is 0. The molecule has 20 heavy (non-hydrogen) atoms. The maximum absolute atomic E-state index is 13.7. The van der Waals surface area contributed by atoms with Crippen LogP contribution >= 0.6 is 0 Å². The van der Waals surface area contributed by atoms with Crippen LogP contribution in [0.5, 0.6) is 0 Å². The van der Waals surface area contributed by atoms with Crippen LogP contribution in [0, 0.1) is 11.6 Å². The third-order valence-corrected chi connectivity index (χ3v) is 2.74. The number of aromatic nitrogens is 1. The van der Waals surface area contributed by atoms with E-state index < -0.39 is 17.6 Å². The summed E-state index contributed by atoms with van der Waals surface area (Å²) in [6, 6.07) is 1.90. The van der Waals surface area contributed by atoms with E-state index in [1.165, 1.54) is 6.20 Å². The molecule has 0 spiro atoms. The highest BCUT2D eigenvalue weighted by molar-refractivity contribution is 6.05. The summed E-state index contributed by atoms with van der Waals surface area (Å²) < 4.78 is 32.0. The van der Waals surface area contributed by atoms with Crippen LogP contribution in [0.3, 0.4) is 0 Å². The van der Waals surface area contributed by atoms with Gasteiger partial charge in [0.15, 0.2) is 5.82 Å². The molecular formula is C14H14F2N2O2. The van der Waals surface area contributed by atoms with Crippen molar-refractivity contribution in [2.45, 2.75) is 13.8 Å². The third kappa shape index (κ3) is 2.54. The van der Waals surface area contributed by atoms with Gasteiger partial charge >= 0.3 is 5.97 Å². The normalized spacial score (nSPS) is 10.6. The minimum Gasteiger partial charge on any atom is -0.462 e. The largest absolute Gasteiger partial charge is 0.462 e. The highest BCUT2D eigenvalue weighted by Gasteiger charge is 2.18. The lowest BCUT2D eigenvalue weighted by Gasteiger charge is -2.13. The van der Waals surface area contributed by atoms with Crippen LogP contribution < -0.4 is 5.32 Å². The van der Waals surface area contributed by atoms with E-state index in [-0.39, 0.29) is 23.1 Å². The summed E-state index contributed by atoms with van der Waals surface area (Å²) in [6.07, 6.45) is 1.24. The van der Waals surface area contributed by atoms with Crippen LogP contribution in [0.25, 0.3) is 10.9 Å². The molecule has 0 aliphatic rings. The molecule has 0 fully saturated rings. The van der Waals surface area contributed by atoms with Gasteiger partial charge in [0.25, 0.3) is 0 Å². The number of benzene rings is 1. The number of rotatable bonds is 4. The molecular weight excluding hydrogens is 266 g/mol. The number of fused-ring (bicyclic) bond motifs is 1. The molecule has 1 N–H and O–H groups in total. The number of halogens is 2. The van der Waals surface area contributed by atoms with E-state index in [0.717, 1.165) is 12.1 Å². The number of carbonyl (C=O) groups is 1. The zero-order valence-corrected chi connectivity index (χ0v) is 11.2. The second-order valence-corrected chi connectivity index (χ2v) is 4.08. The van der Waals surface area contributed by atoms with Crippen molar-refractivity contribution < 1.29 is 18.3 Å². The number of esters is 1. The number of nitrogens with zero attached hydrogens (tertiary/aromatic N) is 1. The Labute approximate surface area is 114 Å². The Hall–Kier alpha value is -2.24. The first-order valence-corrected chi connectivity index (χ1v) is 6.27. The van der Waals surface area contributed by atoms with Crippen molar-refractivity contribution >= 4 is 22.6 Å². The second-order valence-electron chi connectivity index (χ2n) is 4.08. The molecule has 0 saturated heterocycles. The molecule has 2 aromatic rings. The van der Waals surface area contributed by atoms with Crippen molar-refractivity contribution in [2.75, 3.05) is 18.5 Å². The predicted molar refractivity (Wildman–Crippen MR) is 71.8 cm³/mol. The van der Waals surface area contributed by atoms with Gasteiger partial charge in [0.05, 0.1) is 12.3 Å². The van der Waals surface area contributed by atoms with Gasteiger partial charge in [0.1, 0.15) is 16.9 Å². The molecule has 0 bridgehead atoms. The molecule has 1 aromatic heterocycles. The molecule has 0 saturated carbocycles. The van der Waals surface area contributed by atoms with Gasteiger partial charge in [-0.05, 0) is 19.9 Å². The molecule has 0 atom stereocenters. The Morgan fingerprint density at radius 2 is 2.10 bits per heavy atom. The van der Waals surface area contributed by atoms with Crippen molar-refractivity contribution in [1.29, 1.82) is 0 Å². The predicted octanol–water partition coefficient (Wildman–Crippen LogP) is 3.12. The Balaban J connectivity index is 2.71. The summed E-state index contributed by atoms with van der Waals surface area (Å²) >= 11 is 0. The quantitative estimate of drug-likeness (QED) is 0.874. The molecule has 0 aliphatic carbocycles. The molecule has 106 valence electrons. The lowest BCUT2D eigenvalue weighted by Crippen LogP contribution is -2.11. The van der Waals surface area contributed by atoms with Gasteiger partial charge in [-0.3, -0.25) is 4.98 Å². The lowest BCUT2D eigenvalue weighted by molar-refractivity contribution is 0.0527. The van der Waals surface area contributed by atoms with Crippen LogP contribution in [0.2, 0.25) is 0 Å². The summed E-state index contributed by atoms with van der Waals surface area (Å²) in [5, 5.41) is 3.16. The van der Waals surface area contributed by atoms with Crippen molar-refractivity contribution in [1.82, 2.24) is 4.98 Å². The molecule has 0 amide bonds. The molecule has 1 heterocycles. The topological polar surface area (TPSA) is 51.2 Å². The molecule has 2 rings (SSSR count). The highest BCUT2D eigenvalue weighted by Crippen LogP contribution is 2.29. The first kappa shape index (κ1) is 14.2. The van der Waals surface area contributed by atoms with Gasteiger partial charge in [0.2, 0.25) is 0 Å². The van der Waals surface area contributed by atoms with Crippen molar-refractivity contribution in [2.24, 2.45) is 0 Å². The van der Waals surface area contributed by atoms with Gasteiger partial charge in [-0.1, -0.05) is 0 Å². The Kier molecular flexibility index (Phi) is 4.12. The molecule has 0 radical (unpaired) electrons. The van der Waals surface area contributed by atoms with Crippen LogP contribution in [0.15, 0.2) is 18.3 Å². The fraction of sp³-hybridized carbons (Fsp3) is 0.286. The zero-order chi connectivity index (χ0) is 14.7. The Morgan fingerprint density at radius 1 is 1.35 bits per heavy atom. The van der Waals surface area contributed by atoms with Crippen LogP contribution in [-0.4, -0.2) is 24.1 Å². The number of anilines is 1. The first-order valence-electron chi connectivity index (χ1n) is 6.27. The smallest absolute Gasteiger partial charge is 0.341 e. The van der Waals surface area contributed by atoms with E-state index >= 15 is 0 Å². The molecule has 1 aromatic carbocycles. The number of carbonyl (C=O) groups excluding carboxylic acids is 1. The van der Waals surface area contributed by atoms with E-state index in [1.54, 1.807) is 6.92 Å². The molecule has 0 unspecified atom stereocenters. The summed E-state index contributed by atoms with van der Waals surface area (Å²) in [6.45, 7) is 4.19. The summed E-state index contributed by atoms with van der Waals surface area (Å²) in [5.74, 6) is -2.07. The van der Waals surface area contributed by atoms with Crippen LogP contribution in [0.1, 0.15) is 24.2 Å². The third-order valence-electron chi connectivity index (χ3n) is 2.74. The number of hydrogen-bond acceptors (Lipinski definition) is 4. The standard InChI is InChI=1S/C14H14F2N2O2/c1-3-17-12-9-5-8(15)6-11(16)13(9)18-7-10(12)14(19)20-4-2/h5-7H,3-4H2,1-2H3,(H,17,18). The minimum absolute atomic E-state index is 0.00963. The van der Waals surface area contributed by atoms with Crippen molar-refractivity contribution in [3.63, 3.8) is 0 Å². The average Bonchev–Trinajstić information content (AvgIpc) is 2.39. The van der Waals surface area contributed by atoms with E-state index in [1.807, 2.05) is 6.92 Å². The van der Waals surface area contributed by atoms with E-state index in [2.05, 4.69) is 10.3 Å². The SMILES string of the molecule is CCNc1c(C(=O)OCC)cnc2c(F)cc(F)cc12. The molecule has 0 aliphatic heterocycles. The van der Waals surface area contributed by atoms with Gasteiger partial charge in [-0.15, -0.1) is 0 Å². The van der Waals surface area contributed by atoms with E-state index in [9.17, 15) is 13.6 Å². The zero-order valence-electron chi connectivity index (χ0n) is 11.2. The van der Waals surface area contributed by atoms with Crippen molar-refractivity contribution in [3.05, 3.63) is 35.5 Å². The molecule has 4 nitrogen and oxygen atoms in total. The minimum atomic E-state index is -0.769. The number of ether oxygens (including phenoxy) is 1. The number of pyridine rings is 1. The average molecular weight is 280 g/mol. The summed E-state index contributed by atoms with van der Waals surface area (Å²) in [5.41, 5.74) is 0.496. The molecule has 6 heteroatoms. The fourth-order valence-corrected chi connectivity index (χ4v) is 1.96. The van der Waals surface area contributed by atoms with Crippen LogP contribution in [0.4, 0.5) is 14.5 Å². The van der Waals surface area contributed by atoms with Gasteiger partial charge in [-0.25, -0.2) is 13.6 Å². The van der Waals surface area contributed by atoms with E-state index in [4.69, 9.17) is 4.74 Å². The Bertz CT molecular complexity index is 659. The van der Waals surface area contributed by atoms with Gasteiger partial charge in [0, 0.05) is 24.2 Å². The fourth-order valence-electron chi connectivity index (χ4n) is 1.96. The number of nitrogens with one attached hydrogen (secondary N) is 1. The maximum atomic E-state index is 13.7. The number of hydrogen-bond donors (Lipinski definition) is 1. The monoisotopic (exact) mass is 280 g/mol.